The van der Waals surface area contributed by atoms with Gasteiger partial charge in [-0.1, -0.05) is 63.2 Å². The average molecular weight is 455 g/mol. The highest BCUT2D eigenvalue weighted by atomic mass is 16.6. The maximum atomic E-state index is 13.6. The molecule has 0 radical (unpaired) electrons. The molecule has 0 bridgehead atoms. The van der Waals surface area contributed by atoms with Crippen molar-refractivity contribution in [2.45, 2.75) is 64.8 Å². The zero-order valence-corrected chi connectivity index (χ0v) is 20.5. The lowest BCUT2D eigenvalue weighted by Crippen LogP contribution is -2.33. The summed E-state index contributed by atoms with van der Waals surface area (Å²) in [6.45, 7) is 8.00. The van der Waals surface area contributed by atoms with Crippen LogP contribution >= 0.6 is 0 Å². The quantitative estimate of drug-likeness (QED) is 0.460. The van der Waals surface area contributed by atoms with Crippen molar-refractivity contribution >= 4 is 17.5 Å². The van der Waals surface area contributed by atoms with Crippen LogP contribution in [-0.4, -0.2) is 12.6 Å². The molecular formula is C30H34N2O2. The number of fused-ring (bicyclic) bond motifs is 2. The monoisotopic (exact) mass is 454 g/mol. The molecule has 1 amide bonds. The summed E-state index contributed by atoms with van der Waals surface area (Å²) in [4.78, 5) is 15.4. The Balaban J connectivity index is 1.45. The molecule has 0 unspecified atom stereocenters. The smallest absolute Gasteiger partial charge is 0.408 e. The zero-order valence-electron chi connectivity index (χ0n) is 20.5. The first-order chi connectivity index (χ1) is 16.4. The van der Waals surface area contributed by atoms with Gasteiger partial charge in [0.25, 0.3) is 0 Å². The highest BCUT2D eigenvalue weighted by molar-refractivity contribution is 5.90. The van der Waals surface area contributed by atoms with Crippen molar-refractivity contribution in [1.82, 2.24) is 0 Å². The molecule has 176 valence electrons. The number of para-hydroxylation sites is 1. The van der Waals surface area contributed by atoms with E-state index in [1.807, 2.05) is 12.1 Å². The first-order valence-corrected chi connectivity index (χ1v) is 12.4. The van der Waals surface area contributed by atoms with Gasteiger partial charge in [-0.3, -0.25) is 4.90 Å². The summed E-state index contributed by atoms with van der Waals surface area (Å²) < 4.78 is 6.02. The fourth-order valence-corrected chi connectivity index (χ4v) is 4.99. The van der Waals surface area contributed by atoms with E-state index in [1.54, 1.807) is 4.90 Å². The van der Waals surface area contributed by atoms with Crippen molar-refractivity contribution in [3.63, 3.8) is 0 Å². The Morgan fingerprint density at radius 2 is 1.68 bits per heavy atom. The Morgan fingerprint density at radius 1 is 0.912 bits per heavy atom. The van der Waals surface area contributed by atoms with E-state index in [1.165, 1.54) is 28.7 Å². The van der Waals surface area contributed by atoms with Crippen LogP contribution in [0, 0.1) is 0 Å². The molecule has 0 aromatic heterocycles. The molecule has 0 fully saturated rings. The van der Waals surface area contributed by atoms with Crippen molar-refractivity contribution in [3.05, 3.63) is 88.5 Å². The molecule has 1 heterocycles. The summed E-state index contributed by atoms with van der Waals surface area (Å²) in [6, 6.07) is 21.0. The number of hydrogen-bond acceptors (Lipinski definition) is 3. The van der Waals surface area contributed by atoms with E-state index in [2.05, 4.69) is 74.6 Å². The molecule has 0 atom stereocenters. The number of carbonyl (C=O) groups is 1. The van der Waals surface area contributed by atoms with E-state index in [0.717, 1.165) is 49.2 Å². The van der Waals surface area contributed by atoms with Crippen LogP contribution in [0.5, 0.6) is 5.75 Å². The van der Waals surface area contributed by atoms with Gasteiger partial charge in [-0.15, -0.1) is 0 Å². The van der Waals surface area contributed by atoms with E-state index in [4.69, 9.17) is 4.74 Å². The molecule has 3 aromatic carbocycles. The van der Waals surface area contributed by atoms with Crippen molar-refractivity contribution in [2.24, 2.45) is 0 Å². The molecule has 3 aromatic rings. The summed E-state index contributed by atoms with van der Waals surface area (Å²) in [5.41, 5.74) is 8.25. The molecule has 0 saturated heterocycles. The fourth-order valence-electron chi connectivity index (χ4n) is 4.99. The number of ether oxygens (including phenoxy) is 1. The van der Waals surface area contributed by atoms with Crippen LogP contribution in [0.2, 0.25) is 0 Å². The molecule has 1 N–H and O–H groups in total. The molecular weight excluding hydrogens is 420 g/mol. The lowest BCUT2D eigenvalue weighted by atomic mass is 9.87. The minimum absolute atomic E-state index is 0.0938. The van der Waals surface area contributed by atoms with Gasteiger partial charge in [0.1, 0.15) is 0 Å². The second-order valence-corrected chi connectivity index (χ2v) is 10.5. The summed E-state index contributed by atoms with van der Waals surface area (Å²) in [7, 11) is 0. The van der Waals surface area contributed by atoms with Gasteiger partial charge in [0.2, 0.25) is 0 Å². The average Bonchev–Trinajstić information content (AvgIpc) is 3.30. The second-order valence-electron chi connectivity index (χ2n) is 10.5. The Hall–Kier alpha value is -3.27. The van der Waals surface area contributed by atoms with Crippen LogP contribution in [0.25, 0.3) is 0 Å². The Labute approximate surface area is 202 Å². The Bertz CT molecular complexity index is 1190. The standard InChI is InChI=1S/C30H34N2O2/c1-30(2,3)25-15-12-21(13-16-25)20-32(26-17-14-22-7-4-9-24(22)19-26)29(33)34-27-11-5-8-23-10-6-18-31-28(23)27/h5,8,11-17,19,31H,4,6-7,9-10,18,20H2,1-3H3. The van der Waals surface area contributed by atoms with Gasteiger partial charge < -0.3 is 10.1 Å². The van der Waals surface area contributed by atoms with E-state index >= 15 is 0 Å². The molecule has 5 rings (SSSR count). The van der Waals surface area contributed by atoms with Gasteiger partial charge in [0, 0.05) is 12.2 Å². The van der Waals surface area contributed by atoms with Gasteiger partial charge in [-0.05, 0) is 83.5 Å². The summed E-state index contributed by atoms with van der Waals surface area (Å²) >= 11 is 0. The SMILES string of the molecule is CC(C)(C)c1ccc(CN(C(=O)Oc2cccc3c2NCCC3)c2ccc3c(c2)CCC3)cc1. The largest absolute Gasteiger partial charge is 0.420 e. The molecule has 2 aliphatic rings. The van der Waals surface area contributed by atoms with Gasteiger partial charge in [-0.25, -0.2) is 4.79 Å². The molecule has 1 aliphatic carbocycles. The number of amides is 1. The van der Waals surface area contributed by atoms with Gasteiger partial charge >= 0.3 is 6.09 Å². The number of rotatable bonds is 4. The fraction of sp³-hybridized carbons (Fsp3) is 0.367. The number of anilines is 2. The molecule has 4 nitrogen and oxygen atoms in total. The van der Waals surface area contributed by atoms with Crippen LogP contribution in [0.4, 0.5) is 16.2 Å². The van der Waals surface area contributed by atoms with Crippen LogP contribution in [0.3, 0.4) is 0 Å². The number of carbonyl (C=O) groups excluding carboxylic acids is 1. The first-order valence-electron chi connectivity index (χ1n) is 12.4. The number of nitrogens with zero attached hydrogens (tertiary/aromatic N) is 1. The topological polar surface area (TPSA) is 41.6 Å². The van der Waals surface area contributed by atoms with E-state index in [-0.39, 0.29) is 11.5 Å². The summed E-state index contributed by atoms with van der Waals surface area (Å²) in [5.74, 6) is 0.608. The minimum atomic E-state index is -0.349. The van der Waals surface area contributed by atoms with E-state index < -0.39 is 0 Å². The molecule has 1 aliphatic heterocycles. The minimum Gasteiger partial charge on any atom is -0.408 e. The highest BCUT2D eigenvalue weighted by Gasteiger charge is 2.24. The van der Waals surface area contributed by atoms with Gasteiger partial charge in [-0.2, -0.15) is 0 Å². The van der Waals surface area contributed by atoms with Crippen LogP contribution in [-0.2, 0) is 31.2 Å². The Morgan fingerprint density at radius 3 is 2.47 bits per heavy atom. The number of benzene rings is 3. The predicted molar refractivity (Wildman–Crippen MR) is 139 cm³/mol. The van der Waals surface area contributed by atoms with E-state index in [9.17, 15) is 4.79 Å². The van der Waals surface area contributed by atoms with Crippen molar-refractivity contribution < 1.29 is 9.53 Å². The Kier molecular flexibility index (Phi) is 6.07. The van der Waals surface area contributed by atoms with E-state index in [0.29, 0.717) is 12.3 Å². The third-order valence-corrected chi connectivity index (χ3v) is 7.01. The maximum absolute atomic E-state index is 13.6. The molecule has 4 heteroatoms. The van der Waals surface area contributed by atoms with Crippen LogP contribution in [0.15, 0.2) is 60.7 Å². The number of aryl methyl sites for hydroxylation is 3. The summed E-state index contributed by atoms with van der Waals surface area (Å²) in [5, 5.41) is 3.42. The lowest BCUT2D eigenvalue weighted by molar-refractivity contribution is 0.207. The lowest BCUT2D eigenvalue weighted by Gasteiger charge is -2.26. The first kappa shape index (κ1) is 22.5. The van der Waals surface area contributed by atoms with Crippen LogP contribution in [0.1, 0.15) is 61.4 Å². The van der Waals surface area contributed by atoms with Gasteiger partial charge in [0.15, 0.2) is 5.75 Å². The number of hydrogen-bond donors (Lipinski definition) is 1. The van der Waals surface area contributed by atoms with Crippen molar-refractivity contribution in [3.8, 4) is 5.75 Å². The predicted octanol–water partition coefficient (Wildman–Crippen LogP) is 7.04. The number of nitrogens with one attached hydrogen (secondary N) is 1. The summed E-state index contributed by atoms with van der Waals surface area (Å²) in [6.07, 6.45) is 5.12. The molecule has 0 spiro atoms. The third-order valence-electron chi connectivity index (χ3n) is 7.01. The van der Waals surface area contributed by atoms with Gasteiger partial charge in [0.05, 0.1) is 12.2 Å². The zero-order chi connectivity index (χ0) is 23.7. The third kappa shape index (κ3) is 4.68. The van der Waals surface area contributed by atoms with Crippen molar-refractivity contribution in [2.75, 3.05) is 16.8 Å². The van der Waals surface area contributed by atoms with Crippen LogP contribution < -0.4 is 15.0 Å². The maximum Gasteiger partial charge on any atom is 0.420 e. The highest BCUT2D eigenvalue weighted by Crippen LogP contribution is 2.34. The second kappa shape index (κ2) is 9.17. The van der Waals surface area contributed by atoms with Crippen molar-refractivity contribution in [1.29, 1.82) is 0 Å². The normalized spacial score (nSPS) is 14.7. The molecule has 0 saturated carbocycles. The molecule has 34 heavy (non-hydrogen) atoms.